The van der Waals surface area contributed by atoms with Crippen molar-refractivity contribution in [2.75, 3.05) is 5.88 Å². The van der Waals surface area contributed by atoms with Gasteiger partial charge < -0.3 is 5.32 Å². The molecule has 17 heavy (non-hydrogen) atoms. The van der Waals surface area contributed by atoms with Gasteiger partial charge in [0, 0.05) is 33.2 Å². The highest BCUT2D eigenvalue weighted by atomic mass is 79.9. The Morgan fingerprint density at radius 1 is 1.29 bits per heavy atom. The predicted molar refractivity (Wildman–Crippen MR) is 78.8 cm³/mol. The third-order valence-corrected chi connectivity index (χ3v) is 4.51. The van der Waals surface area contributed by atoms with Crippen LogP contribution in [0.15, 0.2) is 46.3 Å². The lowest BCUT2D eigenvalue weighted by molar-refractivity contribution is 0.584. The van der Waals surface area contributed by atoms with Gasteiger partial charge >= 0.3 is 0 Å². The number of benzene rings is 1. The van der Waals surface area contributed by atoms with Crippen molar-refractivity contribution in [3.8, 4) is 0 Å². The van der Waals surface area contributed by atoms with Crippen molar-refractivity contribution in [3.05, 3.63) is 56.7 Å². The van der Waals surface area contributed by atoms with Crippen LogP contribution in [0, 0.1) is 0 Å². The highest BCUT2D eigenvalue weighted by molar-refractivity contribution is 9.10. The van der Waals surface area contributed by atoms with Crippen molar-refractivity contribution in [1.29, 1.82) is 0 Å². The minimum atomic E-state index is 0.207. The van der Waals surface area contributed by atoms with E-state index in [1.165, 1.54) is 10.4 Å². The van der Waals surface area contributed by atoms with Crippen LogP contribution in [0.1, 0.15) is 16.5 Å². The number of hydrogen-bond donors (Lipinski definition) is 1. The number of alkyl halides is 1. The Labute approximate surface area is 119 Å². The minimum absolute atomic E-state index is 0.207. The summed E-state index contributed by atoms with van der Waals surface area (Å²) in [5.41, 5.74) is 1.23. The first-order chi connectivity index (χ1) is 8.29. The van der Waals surface area contributed by atoms with Gasteiger partial charge in [-0.05, 0) is 27.6 Å². The fraction of sp³-hybridized carbons (Fsp3) is 0.231. The van der Waals surface area contributed by atoms with Crippen molar-refractivity contribution in [2.24, 2.45) is 0 Å². The fourth-order valence-electron chi connectivity index (χ4n) is 1.62. The van der Waals surface area contributed by atoms with E-state index in [1.54, 1.807) is 11.3 Å². The summed E-state index contributed by atoms with van der Waals surface area (Å²) in [6.07, 6.45) is 0. The third kappa shape index (κ3) is 3.81. The van der Waals surface area contributed by atoms with Crippen molar-refractivity contribution < 1.29 is 0 Å². The molecule has 0 saturated carbocycles. The fourth-order valence-corrected chi connectivity index (χ4v) is 3.31. The standard InChI is InChI=1S/C13H13BrClNS/c14-11-6-12(17-9-11)8-16-13(7-15)10-4-2-1-3-5-10/h1-6,9,13,16H,7-8H2. The smallest absolute Gasteiger partial charge is 0.0460 e. The van der Waals surface area contributed by atoms with Gasteiger partial charge in [-0.1, -0.05) is 30.3 Å². The lowest BCUT2D eigenvalue weighted by Gasteiger charge is -2.15. The summed E-state index contributed by atoms with van der Waals surface area (Å²) in [4.78, 5) is 1.31. The maximum absolute atomic E-state index is 6.01. The molecule has 1 heterocycles. The first kappa shape index (κ1) is 13.1. The molecule has 0 fully saturated rings. The van der Waals surface area contributed by atoms with Crippen molar-refractivity contribution >= 4 is 38.9 Å². The lowest BCUT2D eigenvalue weighted by atomic mass is 10.1. The predicted octanol–water partition coefficient (Wildman–Crippen LogP) is 4.58. The minimum Gasteiger partial charge on any atom is -0.304 e. The van der Waals surface area contributed by atoms with E-state index >= 15 is 0 Å². The Balaban J connectivity index is 1.97. The van der Waals surface area contributed by atoms with Gasteiger partial charge in [-0.3, -0.25) is 0 Å². The summed E-state index contributed by atoms with van der Waals surface area (Å²) < 4.78 is 1.14. The molecular formula is C13H13BrClNS. The van der Waals surface area contributed by atoms with Crippen molar-refractivity contribution in [2.45, 2.75) is 12.6 Å². The molecule has 0 amide bonds. The topological polar surface area (TPSA) is 12.0 Å². The summed E-state index contributed by atoms with van der Waals surface area (Å²) in [5.74, 6) is 0.580. The number of rotatable bonds is 5. The molecule has 1 aromatic carbocycles. The van der Waals surface area contributed by atoms with E-state index in [9.17, 15) is 0 Å². The van der Waals surface area contributed by atoms with Crippen LogP contribution in [0.25, 0.3) is 0 Å². The Kier molecular flexibility index (Phi) is 5.04. The van der Waals surface area contributed by atoms with Gasteiger partial charge in [-0.2, -0.15) is 0 Å². The van der Waals surface area contributed by atoms with Crippen LogP contribution in [-0.2, 0) is 6.54 Å². The first-order valence-electron chi connectivity index (χ1n) is 5.37. The molecule has 2 aromatic rings. The molecule has 90 valence electrons. The summed E-state index contributed by atoms with van der Waals surface area (Å²) in [6.45, 7) is 0.850. The molecule has 2 rings (SSSR count). The number of thiophene rings is 1. The normalized spacial score (nSPS) is 12.6. The Hall–Kier alpha value is -0.350. The molecule has 1 unspecified atom stereocenters. The molecule has 0 saturated heterocycles. The maximum atomic E-state index is 6.01. The molecule has 0 aliphatic rings. The summed E-state index contributed by atoms with van der Waals surface area (Å²) >= 11 is 11.2. The van der Waals surface area contributed by atoms with Gasteiger partial charge in [0.05, 0.1) is 0 Å². The van der Waals surface area contributed by atoms with Gasteiger partial charge in [0.25, 0.3) is 0 Å². The van der Waals surface area contributed by atoms with Crippen LogP contribution in [0.4, 0.5) is 0 Å². The zero-order chi connectivity index (χ0) is 12.1. The molecule has 0 bridgehead atoms. The Morgan fingerprint density at radius 3 is 2.65 bits per heavy atom. The van der Waals surface area contributed by atoms with Crippen LogP contribution >= 0.6 is 38.9 Å². The molecule has 1 atom stereocenters. The van der Waals surface area contributed by atoms with Gasteiger partial charge in [0.2, 0.25) is 0 Å². The molecule has 0 radical (unpaired) electrons. The van der Waals surface area contributed by atoms with Gasteiger partial charge in [0.15, 0.2) is 0 Å². The summed E-state index contributed by atoms with van der Waals surface area (Å²) in [7, 11) is 0. The van der Waals surface area contributed by atoms with E-state index in [0.29, 0.717) is 5.88 Å². The van der Waals surface area contributed by atoms with Gasteiger partial charge in [-0.15, -0.1) is 22.9 Å². The van der Waals surface area contributed by atoms with Crippen LogP contribution in [0.5, 0.6) is 0 Å². The molecule has 1 N–H and O–H groups in total. The quantitative estimate of drug-likeness (QED) is 0.791. The second kappa shape index (κ2) is 6.55. The highest BCUT2D eigenvalue weighted by Crippen LogP contribution is 2.21. The van der Waals surface area contributed by atoms with E-state index in [2.05, 4.69) is 44.8 Å². The zero-order valence-corrected chi connectivity index (χ0v) is 12.4. The van der Waals surface area contributed by atoms with Crippen LogP contribution < -0.4 is 5.32 Å². The highest BCUT2D eigenvalue weighted by Gasteiger charge is 2.09. The van der Waals surface area contributed by atoms with Crippen molar-refractivity contribution in [3.63, 3.8) is 0 Å². The van der Waals surface area contributed by atoms with Crippen LogP contribution in [-0.4, -0.2) is 5.88 Å². The zero-order valence-electron chi connectivity index (χ0n) is 9.20. The number of nitrogens with one attached hydrogen (secondary N) is 1. The largest absolute Gasteiger partial charge is 0.304 e. The van der Waals surface area contributed by atoms with E-state index in [-0.39, 0.29) is 6.04 Å². The second-order valence-electron chi connectivity index (χ2n) is 3.73. The summed E-state index contributed by atoms with van der Waals surface area (Å²) in [6, 6.07) is 12.6. The lowest BCUT2D eigenvalue weighted by Crippen LogP contribution is -2.21. The first-order valence-corrected chi connectivity index (χ1v) is 7.57. The van der Waals surface area contributed by atoms with E-state index in [4.69, 9.17) is 11.6 Å². The number of halogens is 2. The SMILES string of the molecule is ClCC(NCc1cc(Br)cs1)c1ccccc1. The average molecular weight is 331 g/mol. The third-order valence-electron chi connectivity index (χ3n) is 2.50. The van der Waals surface area contributed by atoms with Crippen LogP contribution in [0.3, 0.4) is 0 Å². The monoisotopic (exact) mass is 329 g/mol. The molecule has 1 aromatic heterocycles. The molecule has 0 aliphatic heterocycles. The molecule has 0 aliphatic carbocycles. The van der Waals surface area contributed by atoms with Crippen LogP contribution in [0.2, 0.25) is 0 Å². The van der Waals surface area contributed by atoms with E-state index in [1.807, 2.05) is 18.2 Å². The Bertz CT molecular complexity index is 457. The maximum Gasteiger partial charge on any atom is 0.0460 e. The van der Waals surface area contributed by atoms with Crippen molar-refractivity contribution in [1.82, 2.24) is 5.32 Å². The average Bonchev–Trinajstić information content (AvgIpc) is 2.77. The molecule has 1 nitrogen and oxygen atoms in total. The van der Waals surface area contributed by atoms with Gasteiger partial charge in [0.1, 0.15) is 0 Å². The van der Waals surface area contributed by atoms with E-state index < -0.39 is 0 Å². The van der Waals surface area contributed by atoms with Gasteiger partial charge in [-0.25, -0.2) is 0 Å². The second-order valence-corrected chi connectivity index (χ2v) is 5.95. The Morgan fingerprint density at radius 2 is 2.06 bits per heavy atom. The molecule has 4 heteroatoms. The summed E-state index contributed by atoms with van der Waals surface area (Å²) in [5, 5.41) is 5.57. The number of hydrogen-bond acceptors (Lipinski definition) is 2. The molecular weight excluding hydrogens is 318 g/mol. The van der Waals surface area contributed by atoms with E-state index in [0.717, 1.165) is 11.0 Å². The molecule has 0 spiro atoms.